The standard InChI is InChI=1S/C6H12N2O/c7-4-2-1-3-6(8)5-9/h6,8H,1-4,7H2. The van der Waals surface area contributed by atoms with E-state index in [1.807, 2.05) is 0 Å². The Balaban J connectivity index is 2.96. The van der Waals surface area contributed by atoms with Crippen molar-refractivity contribution in [2.45, 2.75) is 25.3 Å². The van der Waals surface area contributed by atoms with E-state index in [0.29, 0.717) is 13.0 Å². The molecule has 3 heteroatoms. The van der Waals surface area contributed by atoms with E-state index in [4.69, 9.17) is 11.5 Å². The van der Waals surface area contributed by atoms with Crippen LogP contribution in [0.1, 0.15) is 19.3 Å². The molecule has 3 nitrogen and oxygen atoms in total. The van der Waals surface area contributed by atoms with Crippen molar-refractivity contribution in [1.29, 1.82) is 0 Å². The van der Waals surface area contributed by atoms with Crippen LogP contribution in [0.15, 0.2) is 0 Å². The fourth-order valence-electron chi connectivity index (χ4n) is 0.552. The molecule has 0 aliphatic heterocycles. The molecule has 0 spiro atoms. The highest BCUT2D eigenvalue weighted by molar-refractivity contribution is 5.57. The van der Waals surface area contributed by atoms with Crippen LogP contribution in [0.2, 0.25) is 0 Å². The van der Waals surface area contributed by atoms with Gasteiger partial charge in [0.1, 0.15) is 0 Å². The molecule has 3 N–H and O–H groups in total. The number of carbonyl (C=O) groups excluding carboxylic acids is 1. The first kappa shape index (κ1) is 8.59. The van der Waals surface area contributed by atoms with E-state index in [-0.39, 0.29) is 0 Å². The average molecular weight is 128 g/mol. The fraction of sp³-hybridized carbons (Fsp3) is 0.833. The van der Waals surface area contributed by atoms with Crippen LogP contribution in [0.5, 0.6) is 0 Å². The minimum Gasteiger partial charge on any atom is -0.330 e. The van der Waals surface area contributed by atoms with Crippen LogP contribution in [0.25, 0.3) is 0 Å². The summed E-state index contributed by atoms with van der Waals surface area (Å²) in [7, 11) is 0. The predicted molar refractivity (Wildman–Crippen MR) is 35.5 cm³/mol. The highest BCUT2D eigenvalue weighted by Gasteiger charge is 1.99. The van der Waals surface area contributed by atoms with Crippen molar-refractivity contribution in [3.05, 3.63) is 0 Å². The summed E-state index contributed by atoms with van der Waals surface area (Å²) in [5.41, 5.74) is 12.1. The van der Waals surface area contributed by atoms with E-state index >= 15 is 0 Å². The van der Waals surface area contributed by atoms with Crippen LogP contribution in [0.3, 0.4) is 0 Å². The normalized spacial score (nSPS) is 13.1. The van der Waals surface area contributed by atoms with E-state index in [2.05, 4.69) is 0 Å². The third-order valence-corrected chi connectivity index (χ3v) is 1.09. The Morgan fingerprint density at radius 3 is 2.67 bits per heavy atom. The molecule has 0 aliphatic rings. The van der Waals surface area contributed by atoms with Gasteiger partial charge in [0.2, 0.25) is 6.29 Å². The number of nitrogens with two attached hydrogens (primary N) is 1. The van der Waals surface area contributed by atoms with Gasteiger partial charge in [0.25, 0.3) is 0 Å². The van der Waals surface area contributed by atoms with Gasteiger partial charge in [0, 0.05) is 0 Å². The van der Waals surface area contributed by atoms with E-state index < -0.39 is 6.04 Å². The number of rotatable bonds is 5. The zero-order valence-electron chi connectivity index (χ0n) is 5.39. The first-order valence-corrected chi connectivity index (χ1v) is 3.10. The summed E-state index contributed by atoms with van der Waals surface area (Å²) in [6, 6.07) is -0.656. The summed E-state index contributed by atoms with van der Waals surface area (Å²) in [6.45, 7) is 0.644. The number of nitrogens with one attached hydrogen (secondary N) is 1. The maximum atomic E-state index is 9.76. The van der Waals surface area contributed by atoms with Crippen LogP contribution in [0, 0.1) is 0 Å². The van der Waals surface area contributed by atoms with Crippen molar-refractivity contribution >= 4 is 6.29 Å². The van der Waals surface area contributed by atoms with E-state index in [1.54, 1.807) is 6.29 Å². The monoisotopic (exact) mass is 128 g/mol. The maximum Gasteiger partial charge on any atom is 0.218 e. The van der Waals surface area contributed by atoms with E-state index in [0.717, 1.165) is 12.8 Å². The minimum atomic E-state index is -0.656. The Hall–Kier alpha value is -0.410. The molecule has 0 saturated heterocycles. The molecule has 1 atom stereocenters. The Bertz CT molecular complexity index is 75.5. The lowest BCUT2D eigenvalue weighted by Gasteiger charge is -1.98. The summed E-state index contributed by atoms with van der Waals surface area (Å²) in [6.07, 6.45) is 3.96. The maximum absolute atomic E-state index is 9.76. The molecule has 0 aromatic carbocycles. The van der Waals surface area contributed by atoms with Gasteiger partial charge in [-0.25, -0.2) is 5.73 Å². The summed E-state index contributed by atoms with van der Waals surface area (Å²) in [5, 5.41) is 0. The molecule has 0 bridgehead atoms. The van der Waals surface area contributed by atoms with Crippen LogP contribution in [-0.4, -0.2) is 18.9 Å². The van der Waals surface area contributed by atoms with E-state index in [9.17, 15) is 4.79 Å². The average Bonchev–Trinajstić information content (AvgIpc) is 1.89. The molecular weight excluding hydrogens is 116 g/mol. The van der Waals surface area contributed by atoms with Crippen molar-refractivity contribution in [3.63, 3.8) is 0 Å². The smallest absolute Gasteiger partial charge is 0.218 e. The van der Waals surface area contributed by atoms with Gasteiger partial charge in [-0.15, -0.1) is 0 Å². The van der Waals surface area contributed by atoms with Crippen molar-refractivity contribution in [3.8, 4) is 0 Å². The van der Waals surface area contributed by atoms with Crippen molar-refractivity contribution in [2.24, 2.45) is 5.73 Å². The third kappa shape index (κ3) is 5.46. The molecule has 9 heavy (non-hydrogen) atoms. The summed E-state index contributed by atoms with van der Waals surface area (Å²) in [4.78, 5) is 9.76. The first-order chi connectivity index (χ1) is 4.31. The van der Waals surface area contributed by atoms with Crippen molar-refractivity contribution in [1.82, 2.24) is 5.73 Å². The molecule has 0 fully saturated rings. The predicted octanol–water partition coefficient (Wildman–Crippen LogP) is -0.123. The molecule has 0 aromatic rings. The second-order valence-electron chi connectivity index (χ2n) is 1.95. The summed E-state index contributed by atoms with van der Waals surface area (Å²) in [5.74, 6) is 0. The highest BCUT2D eigenvalue weighted by Crippen LogP contribution is 1.95. The minimum absolute atomic E-state index is 0.598. The zero-order valence-corrected chi connectivity index (χ0v) is 5.39. The largest absolute Gasteiger partial charge is 0.330 e. The van der Waals surface area contributed by atoms with Crippen molar-refractivity contribution < 1.29 is 4.79 Å². The van der Waals surface area contributed by atoms with Gasteiger partial charge >= 0.3 is 0 Å². The molecule has 0 aromatic heterocycles. The quantitative estimate of drug-likeness (QED) is 0.524. The van der Waals surface area contributed by atoms with Crippen LogP contribution in [0.4, 0.5) is 0 Å². The van der Waals surface area contributed by atoms with Gasteiger partial charge in [0.05, 0.1) is 6.04 Å². The second-order valence-corrected chi connectivity index (χ2v) is 1.95. The Morgan fingerprint density at radius 2 is 2.22 bits per heavy atom. The van der Waals surface area contributed by atoms with Gasteiger partial charge in [-0.05, 0) is 19.4 Å². The topological polar surface area (TPSA) is 66.9 Å². The van der Waals surface area contributed by atoms with Crippen molar-refractivity contribution in [2.75, 3.05) is 6.54 Å². The lowest BCUT2D eigenvalue weighted by molar-refractivity contribution is 0.526. The molecule has 0 rings (SSSR count). The Kier molecular flexibility index (Phi) is 5.46. The Labute approximate surface area is 55.4 Å². The summed E-state index contributed by atoms with van der Waals surface area (Å²) >= 11 is 0. The van der Waals surface area contributed by atoms with Gasteiger partial charge in [-0.3, -0.25) is 4.79 Å². The molecule has 0 heterocycles. The number of hydrogen-bond donors (Lipinski definition) is 1. The number of unbranched alkanes of at least 4 members (excludes halogenated alkanes) is 1. The van der Waals surface area contributed by atoms with Crippen LogP contribution < -0.4 is 11.5 Å². The molecule has 52 valence electrons. The molecule has 1 unspecified atom stereocenters. The van der Waals surface area contributed by atoms with E-state index in [1.165, 1.54) is 0 Å². The lowest BCUT2D eigenvalue weighted by atomic mass is 10.1. The molecule has 0 aliphatic carbocycles. The highest BCUT2D eigenvalue weighted by atomic mass is 16.1. The zero-order chi connectivity index (χ0) is 7.11. The molecule has 0 saturated carbocycles. The van der Waals surface area contributed by atoms with Gasteiger partial charge in [0.15, 0.2) is 0 Å². The lowest BCUT2D eigenvalue weighted by Crippen LogP contribution is -2.10. The van der Waals surface area contributed by atoms with Gasteiger partial charge < -0.3 is 5.73 Å². The Morgan fingerprint density at radius 1 is 1.56 bits per heavy atom. The molecule has 2 radical (unpaired) electrons. The van der Waals surface area contributed by atoms with Gasteiger partial charge in [-0.2, -0.15) is 0 Å². The SMILES string of the molecule is [NH]C([C]=O)CCCCN. The first-order valence-electron chi connectivity index (χ1n) is 3.10. The van der Waals surface area contributed by atoms with Gasteiger partial charge in [-0.1, -0.05) is 6.42 Å². The molecule has 0 amide bonds. The number of hydrogen-bond acceptors (Lipinski definition) is 2. The fourth-order valence-corrected chi connectivity index (χ4v) is 0.552. The van der Waals surface area contributed by atoms with Crippen LogP contribution >= 0.6 is 0 Å². The molecular formula is C6H12N2O. The third-order valence-electron chi connectivity index (χ3n) is 1.09. The van der Waals surface area contributed by atoms with Crippen LogP contribution in [-0.2, 0) is 4.79 Å². The second kappa shape index (κ2) is 5.72. The summed E-state index contributed by atoms with van der Waals surface area (Å²) < 4.78 is 0.